The molecule has 0 aliphatic carbocycles. The summed E-state index contributed by atoms with van der Waals surface area (Å²) >= 11 is 12.2. The van der Waals surface area contributed by atoms with Gasteiger partial charge in [0.15, 0.2) is 0 Å². The van der Waals surface area contributed by atoms with Gasteiger partial charge in [0.05, 0.1) is 12.3 Å². The van der Waals surface area contributed by atoms with E-state index in [1.807, 2.05) is 6.92 Å². The number of aromatic nitrogens is 2. The monoisotopic (exact) mass is 340 g/mol. The molecule has 0 unspecified atom stereocenters. The first-order chi connectivity index (χ1) is 10.4. The number of nitrogens with zero attached hydrogens (tertiary/aromatic N) is 2. The minimum absolute atomic E-state index is 0.222. The molecule has 0 radical (unpaired) electrons. The molecule has 1 heterocycles. The van der Waals surface area contributed by atoms with Crippen LogP contribution in [0.4, 0.5) is 4.79 Å². The van der Waals surface area contributed by atoms with Gasteiger partial charge in [-0.1, -0.05) is 30.1 Å². The summed E-state index contributed by atoms with van der Waals surface area (Å²) < 4.78 is 5.61. The average molecular weight is 341 g/mol. The number of hydrogen-bond donors (Lipinski definition) is 0. The predicted octanol–water partition coefficient (Wildman–Crippen LogP) is 3.92. The Kier molecular flexibility index (Phi) is 5.21. The van der Waals surface area contributed by atoms with Crippen molar-refractivity contribution in [1.29, 1.82) is 0 Å². The fourth-order valence-electron chi connectivity index (χ4n) is 1.74. The summed E-state index contributed by atoms with van der Waals surface area (Å²) in [7, 11) is 0. The maximum absolute atomic E-state index is 11.8. The highest BCUT2D eigenvalue weighted by Gasteiger charge is 2.13. The molecule has 116 valence electrons. The Hall–Kier alpha value is -1.85. The van der Waals surface area contributed by atoms with Crippen molar-refractivity contribution in [2.24, 2.45) is 0 Å². The first kappa shape index (κ1) is 16.5. The van der Waals surface area contributed by atoms with E-state index in [-0.39, 0.29) is 6.61 Å². The maximum atomic E-state index is 11.8. The van der Waals surface area contributed by atoms with Gasteiger partial charge in [0.2, 0.25) is 0 Å². The van der Waals surface area contributed by atoms with Crippen molar-refractivity contribution < 1.29 is 9.53 Å². The highest BCUT2D eigenvalue weighted by Crippen LogP contribution is 2.29. The van der Waals surface area contributed by atoms with E-state index in [1.165, 1.54) is 12.1 Å². The van der Waals surface area contributed by atoms with Crippen molar-refractivity contribution in [3.05, 3.63) is 50.2 Å². The van der Waals surface area contributed by atoms with Crippen molar-refractivity contribution in [2.75, 3.05) is 6.61 Å². The molecule has 0 aliphatic heterocycles. The van der Waals surface area contributed by atoms with Gasteiger partial charge in [-0.3, -0.25) is 4.79 Å². The van der Waals surface area contributed by atoms with Crippen LogP contribution in [0.3, 0.4) is 0 Å². The highest BCUT2D eigenvalue weighted by molar-refractivity contribution is 6.36. The zero-order chi connectivity index (χ0) is 16.3. The summed E-state index contributed by atoms with van der Waals surface area (Å²) in [5.41, 5.74) is 1.20. The fraction of sp³-hybridized carbons (Fsp3) is 0.267. The zero-order valence-corrected chi connectivity index (χ0v) is 13.6. The van der Waals surface area contributed by atoms with Crippen LogP contribution in [-0.4, -0.2) is 22.5 Å². The Morgan fingerprint density at radius 1 is 1.27 bits per heavy atom. The van der Waals surface area contributed by atoms with Crippen molar-refractivity contribution in [3.8, 4) is 11.3 Å². The van der Waals surface area contributed by atoms with Crippen LogP contribution in [0, 0.1) is 6.92 Å². The summed E-state index contributed by atoms with van der Waals surface area (Å²) in [5.74, 6) is 0. The van der Waals surface area contributed by atoms with Crippen molar-refractivity contribution >= 4 is 29.3 Å². The molecular weight excluding hydrogens is 327 g/mol. The van der Waals surface area contributed by atoms with Gasteiger partial charge in [0.25, 0.3) is 5.56 Å². The highest BCUT2D eigenvalue weighted by atomic mass is 35.5. The molecule has 0 atom stereocenters. The molecule has 1 aromatic carbocycles. The number of carbonyl (C=O) groups is 1. The van der Waals surface area contributed by atoms with E-state index in [9.17, 15) is 9.59 Å². The number of carbonyl (C=O) groups excluding carboxylic acids is 1. The van der Waals surface area contributed by atoms with Crippen LogP contribution in [0.15, 0.2) is 29.1 Å². The van der Waals surface area contributed by atoms with Crippen molar-refractivity contribution in [1.82, 2.24) is 9.78 Å². The third kappa shape index (κ3) is 3.48. The van der Waals surface area contributed by atoms with Gasteiger partial charge in [-0.05, 0) is 37.1 Å². The number of halogens is 2. The number of ether oxygens (including phenoxy) is 1. The lowest BCUT2D eigenvalue weighted by molar-refractivity contribution is 0.143. The molecule has 5 nitrogen and oxygen atoms in total. The summed E-state index contributed by atoms with van der Waals surface area (Å²) in [6.07, 6.45) is -0.151. The summed E-state index contributed by atoms with van der Waals surface area (Å²) in [6, 6.07) is 6.11. The van der Waals surface area contributed by atoms with Gasteiger partial charge in [0, 0.05) is 21.7 Å². The fourth-order valence-corrected chi connectivity index (χ4v) is 2.23. The lowest BCUT2D eigenvalue weighted by Crippen LogP contribution is -2.30. The molecule has 2 rings (SSSR count). The van der Waals surface area contributed by atoms with Crippen LogP contribution in [0.2, 0.25) is 10.0 Å². The SMILES string of the molecule is CCCOC(=O)n1nc(-c2cc(Cl)c(C)c(Cl)c2)ccc1=O. The molecule has 1 aromatic heterocycles. The van der Waals surface area contributed by atoms with E-state index in [2.05, 4.69) is 5.10 Å². The molecule has 0 saturated heterocycles. The smallest absolute Gasteiger partial charge is 0.438 e. The minimum Gasteiger partial charge on any atom is -0.448 e. The molecule has 0 aliphatic rings. The van der Waals surface area contributed by atoms with E-state index in [0.717, 1.165) is 5.56 Å². The van der Waals surface area contributed by atoms with Crippen molar-refractivity contribution in [3.63, 3.8) is 0 Å². The van der Waals surface area contributed by atoms with Crippen LogP contribution in [0.1, 0.15) is 18.9 Å². The Bertz CT molecular complexity index is 749. The normalized spacial score (nSPS) is 10.5. The lowest BCUT2D eigenvalue weighted by Gasteiger charge is -2.08. The first-order valence-electron chi connectivity index (χ1n) is 6.67. The predicted molar refractivity (Wildman–Crippen MR) is 85.7 cm³/mol. The number of rotatable bonds is 3. The molecular formula is C15H14Cl2N2O3. The van der Waals surface area contributed by atoms with Gasteiger partial charge >= 0.3 is 6.09 Å². The second-order valence-electron chi connectivity index (χ2n) is 4.65. The van der Waals surface area contributed by atoms with Crippen molar-refractivity contribution in [2.45, 2.75) is 20.3 Å². The van der Waals surface area contributed by atoms with E-state index in [0.29, 0.717) is 32.4 Å². The third-order valence-electron chi connectivity index (χ3n) is 2.98. The zero-order valence-electron chi connectivity index (χ0n) is 12.1. The Morgan fingerprint density at radius 3 is 2.50 bits per heavy atom. The standard InChI is InChI=1S/C15H14Cl2N2O3/c1-3-6-22-15(21)19-14(20)5-4-13(18-19)10-7-11(16)9(2)12(17)8-10/h4-5,7-8H,3,6H2,1-2H3. The van der Waals surface area contributed by atoms with E-state index in [4.69, 9.17) is 27.9 Å². The molecule has 0 spiro atoms. The van der Waals surface area contributed by atoms with Gasteiger partial charge < -0.3 is 4.74 Å². The van der Waals surface area contributed by atoms with E-state index >= 15 is 0 Å². The molecule has 22 heavy (non-hydrogen) atoms. The Labute approximate surface area is 137 Å². The molecule has 0 N–H and O–H groups in total. The van der Waals surface area contributed by atoms with Gasteiger partial charge in [-0.25, -0.2) is 4.79 Å². The van der Waals surface area contributed by atoms with Crippen LogP contribution in [0.5, 0.6) is 0 Å². The topological polar surface area (TPSA) is 61.2 Å². The van der Waals surface area contributed by atoms with Gasteiger partial charge in [-0.2, -0.15) is 5.10 Å². The maximum Gasteiger partial charge on any atom is 0.438 e. The minimum atomic E-state index is -0.807. The quantitative estimate of drug-likeness (QED) is 0.849. The molecule has 0 bridgehead atoms. The largest absolute Gasteiger partial charge is 0.448 e. The van der Waals surface area contributed by atoms with E-state index in [1.54, 1.807) is 19.1 Å². The molecule has 7 heteroatoms. The Balaban J connectivity index is 2.45. The molecule has 0 amide bonds. The Morgan fingerprint density at radius 2 is 1.91 bits per heavy atom. The number of hydrogen-bond acceptors (Lipinski definition) is 4. The van der Waals surface area contributed by atoms with E-state index < -0.39 is 11.7 Å². The van der Waals surface area contributed by atoms with Gasteiger partial charge in [-0.15, -0.1) is 4.68 Å². The summed E-state index contributed by atoms with van der Waals surface area (Å²) in [4.78, 5) is 23.6. The molecule has 0 saturated carbocycles. The summed E-state index contributed by atoms with van der Waals surface area (Å²) in [6.45, 7) is 3.88. The molecule has 0 fully saturated rings. The first-order valence-corrected chi connectivity index (χ1v) is 7.43. The van der Waals surface area contributed by atoms with Crippen LogP contribution in [-0.2, 0) is 4.74 Å². The number of benzene rings is 1. The van der Waals surface area contributed by atoms with Crippen LogP contribution in [0.25, 0.3) is 11.3 Å². The third-order valence-corrected chi connectivity index (χ3v) is 3.76. The van der Waals surface area contributed by atoms with Crippen LogP contribution < -0.4 is 5.56 Å². The second kappa shape index (κ2) is 6.94. The molecule has 2 aromatic rings. The van der Waals surface area contributed by atoms with Gasteiger partial charge in [0.1, 0.15) is 0 Å². The van der Waals surface area contributed by atoms with Crippen LogP contribution >= 0.6 is 23.2 Å². The lowest BCUT2D eigenvalue weighted by atomic mass is 10.1. The summed E-state index contributed by atoms with van der Waals surface area (Å²) in [5, 5.41) is 4.98. The second-order valence-corrected chi connectivity index (χ2v) is 5.46. The average Bonchev–Trinajstić information content (AvgIpc) is 2.50.